The summed E-state index contributed by atoms with van der Waals surface area (Å²) in [6, 6.07) is 11.5. The van der Waals surface area contributed by atoms with Gasteiger partial charge < -0.3 is 14.0 Å². The topological polar surface area (TPSA) is 83.3 Å². The maximum atomic E-state index is 15.1. The predicted molar refractivity (Wildman–Crippen MR) is 147 cm³/mol. The van der Waals surface area contributed by atoms with Crippen molar-refractivity contribution in [2.75, 3.05) is 7.11 Å². The van der Waals surface area contributed by atoms with E-state index in [9.17, 15) is 27.2 Å². The number of benzene rings is 2. The van der Waals surface area contributed by atoms with Gasteiger partial charge in [0, 0.05) is 42.2 Å². The van der Waals surface area contributed by atoms with Crippen LogP contribution in [0.3, 0.4) is 0 Å². The molecule has 2 aromatic carbocycles. The fourth-order valence-electron chi connectivity index (χ4n) is 4.59. The zero-order valence-electron chi connectivity index (χ0n) is 22.7. The number of carbonyl (C=O) groups excluding carboxylic acids is 1. The molecule has 0 fully saturated rings. The minimum atomic E-state index is -4.65. The number of Topliss-reactive ketones (excluding diaryl/α,β-unsaturated/α-hetero) is 1. The highest BCUT2D eigenvalue weighted by Gasteiger charge is 2.30. The first-order valence-electron chi connectivity index (χ1n) is 12.8. The Morgan fingerprint density at radius 2 is 1.72 bits per heavy atom. The second kappa shape index (κ2) is 11.6. The van der Waals surface area contributed by atoms with Crippen molar-refractivity contribution in [3.63, 3.8) is 0 Å². The maximum Gasteiger partial charge on any atom is 0.406 e. The Hall–Kier alpha value is -5.13. The normalized spacial score (nSPS) is 11.5. The highest BCUT2D eigenvalue weighted by atomic mass is 19.4. The summed E-state index contributed by atoms with van der Waals surface area (Å²) < 4.78 is 80.2. The minimum absolute atomic E-state index is 0.139. The lowest BCUT2D eigenvalue weighted by atomic mass is 9.97. The highest BCUT2D eigenvalue weighted by molar-refractivity contribution is 5.99. The molecular formula is C31H22F5N3O4. The first-order chi connectivity index (χ1) is 20.4. The first-order valence-corrected chi connectivity index (χ1v) is 12.8. The number of ether oxygens (including phenoxy) is 2. The number of hydrogen-bond acceptors (Lipinski definition) is 6. The van der Waals surface area contributed by atoms with Gasteiger partial charge >= 0.3 is 6.18 Å². The molecule has 220 valence electrons. The Morgan fingerprint density at radius 1 is 0.977 bits per heavy atom. The van der Waals surface area contributed by atoms with Crippen molar-refractivity contribution >= 4 is 16.8 Å². The molecule has 0 amide bonds. The van der Waals surface area contributed by atoms with Gasteiger partial charge in [0.25, 0.3) is 0 Å². The summed E-state index contributed by atoms with van der Waals surface area (Å²) in [5.41, 5.74) is -0.594. The number of carbonyl (C=O) groups is 1. The maximum absolute atomic E-state index is 15.1. The Morgan fingerprint density at radius 3 is 2.40 bits per heavy atom. The van der Waals surface area contributed by atoms with Crippen LogP contribution in [0, 0.1) is 18.6 Å². The van der Waals surface area contributed by atoms with Gasteiger partial charge in [0.15, 0.2) is 28.5 Å². The van der Waals surface area contributed by atoms with Crippen molar-refractivity contribution in [2.24, 2.45) is 0 Å². The SMILES string of the molecule is COc1cnc2c(Oc3ccc(CC(=O)c4c(C)n(CC(F)(F)F)cc(-c5ccc(F)cc5)c4=O)cc3F)ccnc2c1. The number of fused-ring (bicyclic) bond motifs is 1. The Kier molecular flexibility index (Phi) is 7.94. The Bertz CT molecular complexity index is 1900. The van der Waals surface area contributed by atoms with Crippen molar-refractivity contribution < 1.29 is 36.2 Å². The van der Waals surface area contributed by atoms with Gasteiger partial charge in [-0.05, 0) is 42.3 Å². The van der Waals surface area contributed by atoms with Crippen molar-refractivity contribution in [2.45, 2.75) is 26.1 Å². The van der Waals surface area contributed by atoms with E-state index in [1.165, 1.54) is 56.8 Å². The molecule has 0 saturated heterocycles. The van der Waals surface area contributed by atoms with Crippen LogP contribution in [0.25, 0.3) is 22.2 Å². The van der Waals surface area contributed by atoms with Crippen LogP contribution in [-0.2, 0) is 13.0 Å². The van der Waals surface area contributed by atoms with E-state index >= 15 is 4.39 Å². The standard InChI is InChI=1S/C31H22F5N3O4/c1-17-28(30(41)22(15-39(17)16-31(34,35)36)19-4-6-20(32)7-5-19)25(40)12-18-3-8-26(23(33)11-18)43-27-9-10-37-24-13-21(42-2)14-38-29(24)27/h3-11,13-15H,12,16H2,1-2H3. The van der Waals surface area contributed by atoms with Crippen LogP contribution < -0.4 is 14.9 Å². The fourth-order valence-corrected chi connectivity index (χ4v) is 4.59. The molecule has 7 nitrogen and oxygen atoms in total. The molecule has 5 aromatic rings. The molecule has 3 aromatic heterocycles. The number of alkyl halides is 3. The number of halogens is 5. The smallest absolute Gasteiger partial charge is 0.406 e. The molecule has 0 aliphatic carbocycles. The average Bonchev–Trinajstić information content (AvgIpc) is 2.95. The zero-order valence-corrected chi connectivity index (χ0v) is 22.7. The predicted octanol–water partition coefficient (Wildman–Crippen LogP) is 6.83. The molecule has 12 heteroatoms. The van der Waals surface area contributed by atoms with Crippen LogP contribution >= 0.6 is 0 Å². The highest BCUT2D eigenvalue weighted by Crippen LogP contribution is 2.31. The third-order valence-electron chi connectivity index (χ3n) is 6.66. The van der Waals surface area contributed by atoms with E-state index < -0.39 is 47.6 Å². The Labute approximate surface area is 241 Å². The number of ketones is 1. The quantitative estimate of drug-likeness (QED) is 0.144. The third kappa shape index (κ3) is 6.37. The lowest BCUT2D eigenvalue weighted by Crippen LogP contribution is -2.28. The van der Waals surface area contributed by atoms with Gasteiger partial charge in [-0.25, -0.2) is 13.8 Å². The van der Waals surface area contributed by atoms with Crippen molar-refractivity contribution in [1.29, 1.82) is 0 Å². The van der Waals surface area contributed by atoms with Gasteiger partial charge in [-0.3, -0.25) is 14.6 Å². The van der Waals surface area contributed by atoms with E-state index in [0.29, 0.717) is 16.8 Å². The number of pyridine rings is 3. The molecule has 0 aliphatic heterocycles. The van der Waals surface area contributed by atoms with Crippen LogP contribution in [0.4, 0.5) is 22.0 Å². The molecule has 0 radical (unpaired) electrons. The zero-order chi connectivity index (χ0) is 30.9. The molecule has 43 heavy (non-hydrogen) atoms. The van der Waals surface area contributed by atoms with E-state index in [2.05, 4.69) is 9.97 Å². The van der Waals surface area contributed by atoms with Crippen molar-refractivity contribution in [1.82, 2.24) is 14.5 Å². The summed E-state index contributed by atoms with van der Waals surface area (Å²) in [5, 5.41) is 0. The molecule has 5 rings (SSSR count). The van der Waals surface area contributed by atoms with Crippen LogP contribution in [0.2, 0.25) is 0 Å². The van der Waals surface area contributed by atoms with Crippen molar-refractivity contribution in [3.05, 3.63) is 112 Å². The largest absolute Gasteiger partial charge is 0.495 e. The minimum Gasteiger partial charge on any atom is -0.495 e. The molecule has 0 saturated carbocycles. The summed E-state index contributed by atoms with van der Waals surface area (Å²) in [6.45, 7) is -0.228. The monoisotopic (exact) mass is 595 g/mol. The number of hydrogen-bond donors (Lipinski definition) is 0. The number of rotatable bonds is 8. The lowest BCUT2D eigenvalue weighted by Gasteiger charge is -2.18. The summed E-state index contributed by atoms with van der Waals surface area (Å²) in [4.78, 5) is 35.2. The second-order valence-electron chi connectivity index (χ2n) is 9.60. The molecule has 0 atom stereocenters. The molecule has 0 bridgehead atoms. The van der Waals surface area contributed by atoms with Gasteiger partial charge in [-0.2, -0.15) is 13.2 Å². The summed E-state index contributed by atoms with van der Waals surface area (Å²) in [6.07, 6.45) is -1.23. The number of methoxy groups -OCH3 is 1. The van der Waals surface area contributed by atoms with Gasteiger partial charge in [0.1, 0.15) is 23.6 Å². The van der Waals surface area contributed by atoms with Gasteiger partial charge in [0.2, 0.25) is 0 Å². The van der Waals surface area contributed by atoms with E-state index in [0.717, 1.165) is 29.0 Å². The summed E-state index contributed by atoms with van der Waals surface area (Å²) >= 11 is 0. The third-order valence-corrected chi connectivity index (χ3v) is 6.66. The van der Waals surface area contributed by atoms with Crippen LogP contribution in [0.15, 0.2) is 78.0 Å². The lowest BCUT2D eigenvalue weighted by molar-refractivity contribution is -0.141. The van der Waals surface area contributed by atoms with Crippen LogP contribution in [0.1, 0.15) is 21.6 Å². The summed E-state index contributed by atoms with van der Waals surface area (Å²) in [5.74, 6) is -1.73. The van der Waals surface area contributed by atoms with E-state index in [1.807, 2.05) is 0 Å². The Balaban J connectivity index is 1.46. The van der Waals surface area contributed by atoms with Crippen LogP contribution in [0.5, 0.6) is 17.2 Å². The molecule has 0 unspecified atom stereocenters. The van der Waals surface area contributed by atoms with Gasteiger partial charge in [0.05, 0.1) is 24.4 Å². The van der Waals surface area contributed by atoms with E-state index in [-0.39, 0.29) is 33.9 Å². The number of nitrogens with zero attached hydrogens (tertiary/aromatic N) is 3. The van der Waals surface area contributed by atoms with Gasteiger partial charge in [-0.15, -0.1) is 0 Å². The van der Waals surface area contributed by atoms with E-state index in [1.54, 1.807) is 6.07 Å². The average molecular weight is 596 g/mol. The van der Waals surface area contributed by atoms with E-state index in [4.69, 9.17) is 9.47 Å². The molecule has 0 spiro atoms. The number of aromatic nitrogens is 3. The second-order valence-corrected chi connectivity index (χ2v) is 9.60. The van der Waals surface area contributed by atoms with Gasteiger partial charge in [-0.1, -0.05) is 18.2 Å². The molecule has 0 aliphatic rings. The molecular weight excluding hydrogens is 573 g/mol. The fraction of sp³-hybridized carbons (Fsp3) is 0.161. The molecule has 3 heterocycles. The van der Waals surface area contributed by atoms with Crippen molar-refractivity contribution in [3.8, 4) is 28.4 Å². The first kappa shape index (κ1) is 29.4. The molecule has 0 N–H and O–H groups in total. The van der Waals surface area contributed by atoms with Crippen LogP contribution in [-0.4, -0.2) is 33.6 Å². The summed E-state index contributed by atoms with van der Waals surface area (Å²) in [7, 11) is 1.48.